The highest BCUT2D eigenvalue weighted by Crippen LogP contribution is 2.40. The first kappa shape index (κ1) is 26.7. The number of thiophene rings is 1. The van der Waals surface area contributed by atoms with Crippen LogP contribution in [-0.4, -0.2) is 30.1 Å². The lowest BCUT2D eigenvalue weighted by atomic mass is 9.85. The first-order valence-corrected chi connectivity index (χ1v) is 13.4. The first-order valence-electron chi connectivity index (χ1n) is 12.2. The molecule has 0 aliphatic heterocycles. The van der Waals surface area contributed by atoms with Gasteiger partial charge in [0.1, 0.15) is 5.78 Å². The van der Waals surface area contributed by atoms with Crippen molar-refractivity contribution in [3.63, 3.8) is 0 Å². The number of rotatable bonds is 12. The van der Waals surface area contributed by atoms with E-state index in [0.29, 0.717) is 37.4 Å². The fourth-order valence-corrected chi connectivity index (χ4v) is 6.31. The van der Waals surface area contributed by atoms with E-state index >= 15 is 0 Å². The van der Waals surface area contributed by atoms with Crippen LogP contribution in [-0.2, 0) is 20.7 Å². The second kappa shape index (κ2) is 13.2. The predicted octanol–water partition coefficient (Wildman–Crippen LogP) is 6.93. The third-order valence-electron chi connectivity index (χ3n) is 6.77. The molecule has 0 radical (unpaired) electrons. The van der Waals surface area contributed by atoms with E-state index in [4.69, 9.17) is 11.6 Å². The molecule has 0 bridgehead atoms. The van der Waals surface area contributed by atoms with E-state index in [1.54, 1.807) is 11.3 Å². The molecule has 1 N–H and O–H groups in total. The zero-order chi connectivity index (χ0) is 24.5. The van der Waals surface area contributed by atoms with E-state index in [2.05, 4.69) is 36.0 Å². The van der Waals surface area contributed by atoms with E-state index in [1.165, 1.54) is 11.8 Å². The van der Waals surface area contributed by atoms with E-state index in [1.807, 2.05) is 24.3 Å². The lowest BCUT2D eigenvalue weighted by Crippen LogP contribution is -2.16. The number of fused-ring (bicyclic) bond motifs is 1. The summed E-state index contributed by atoms with van der Waals surface area (Å²) >= 11 is 8.23. The Morgan fingerprint density at radius 1 is 1.32 bits per heavy atom. The summed E-state index contributed by atoms with van der Waals surface area (Å²) in [6.45, 7) is 2.13. The summed E-state index contributed by atoms with van der Waals surface area (Å²) in [6, 6.07) is 8.10. The van der Waals surface area contributed by atoms with Gasteiger partial charge < -0.3 is 9.84 Å². The van der Waals surface area contributed by atoms with Crippen molar-refractivity contribution in [2.75, 3.05) is 7.11 Å². The number of ketones is 1. The molecule has 1 fully saturated rings. The Kier molecular flexibility index (Phi) is 10.4. The molecule has 1 saturated carbocycles. The number of ether oxygens (including phenoxy) is 1. The number of methoxy groups -OCH3 is 1. The highest BCUT2D eigenvalue weighted by molar-refractivity contribution is 7.19. The zero-order valence-corrected chi connectivity index (χ0v) is 21.6. The van der Waals surface area contributed by atoms with Crippen LogP contribution in [0.25, 0.3) is 10.1 Å². The van der Waals surface area contributed by atoms with Gasteiger partial charge in [-0.1, -0.05) is 67.4 Å². The van der Waals surface area contributed by atoms with Gasteiger partial charge in [-0.05, 0) is 50.0 Å². The Bertz CT molecular complexity index is 1020. The van der Waals surface area contributed by atoms with Gasteiger partial charge in [0.25, 0.3) is 0 Å². The van der Waals surface area contributed by atoms with Crippen molar-refractivity contribution in [2.24, 2.45) is 17.8 Å². The Hall–Kier alpha value is -1.95. The summed E-state index contributed by atoms with van der Waals surface area (Å²) < 4.78 is 5.83. The van der Waals surface area contributed by atoms with Crippen molar-refractivity contribution in [2.45, 2.75) is 64.4 Å². The van der Waals surface area contributed by atoms with Crippen LogP contribution < -0.4 is 0 Å². The molecule has 1 heterocycles. The third-order valence-corrected chi connectivity index (χ3v) is 8.54. The van der Waals surface area contributed by atoms with E-state index < -0.39 is 6.10 Å². The lowest BCUT2D eigenvalue weighted by Gasteiger charge is -2.19. The molecular weight excluding hydrogens is 468 g/mol. The van der Waals surface area contributed by atoms with Gasteiger partial charge in [0.15, 0.2) is 0 Å². The van der Waals surface area contributed by atoms with Crippen LogP contribution in [0.4, 0.5) is 0 Å². The average Bonchev–Trinajstić information content (AvgIpc) is 3.33. The van der Waals surface area contributed by atoms with Crippen LogP contribution >= 0.6 is 22.9 Å². The SMILES string of the molecule is CC[C@@H]1CC(=O)[C@H](C/C=C\CCCC(=O)OC)[C@H]1/C=C/C(O)CCc1sc2ccccc2c1Cl. The van der Waals surface area contributed by atoms with E-state index in [9.17, 15) is 14.7 Å². The van der Waals surface area contributed by atoms with Crippen molar-refractivity contribution in [1.82, 2.24) is 0 Å². The van der Waals surface area contributed by atoms with E-state index in [-0.39, 0.29) is 17.8 Å². The van der Waals surface area contributed by atoms with Crippen LogP contribution in [0.3, 0.4) is 0 Å². The van der Waals surface area contributed by atoms with Crippen LogP contribution in [0.15, 0.2) is 48.6 Å². The Balaban J connectivity index is 1.54. The highest BCUT2D eigenvalue weighted by Gasteiger charge is 2.39. The summed E-state index contributed by atoms with van der Waals surface area (Å²) in [5, 5.41) is 12.5. The van der Waals surface area contributed by atoms with Crippen molar-refractivity contribution >= 4 is 44.8 Å². The van der Waals surface area contributed by atoms with Gasteiger partial charge >= 0.3 is 5.97 Å². The van der Waals surface area contributed by atoms with Gasteiger partial charge in [-0.15, -0.1) is 11.3 Å². The molecule has 2 aromatic rings. The third kappa shape index (κ3) is 7.03. The average molecular weight is 503 g/mol. The normalized spacial score (nSPS) is 21.8. The van der Waals surface area contributed by atoms with Gasteiger partial charge in [0.05, 0.1) is 18.2 Å². The van der Waals surface area contributed by atoms with Crippen molar-refractivity contribution in [3.8, 4) is 0 Å². The van der Waals surface area contributed by atoms with Crippen molar-refractivity contribution in [3.05, 3.63) is 58.5 Å². The molecule has 1 unspecified atom stereocenters. The molecule has 34 heavy (non-hydrogen) atoms. The van der Waals surface area contributed by atoms with Crippen molar-refractivity contribution < 1.29 is 19.4 Å². The van der Waals surface area contributed by atoms with Crippen LogP contribution in [0.5, 0.6) is 0 Å². The van der Waals surface area contributed by atoms with Gasteiger partial charge in [-0.2, -0.15) is 0 Å². The molecule has 0 spiro atoms. The number of benzene rings is 1. The molecule has 184 valence electrons. The number of hydrogen-bond donors (Lipinski definition) is 1. The number of aryl methyl sites for hydroxylation is 1. The van der Waals surface area contributed by atoms with Gasteiger partial charge in [0, 0.05) is 33.7 Å². The summed E-state index contributed by atoms with van der Waals surface area (Å²) in [5.41, 5.74) is 0. The number of esters is 1. The van der Waals surface area contributed by atoms with Crippen LogP contribution in [0.1, 0.15) is 56.7 Å². The van der Waals surface area contributed by atoms with E-state index in [0.717, 1.165) is 41.0 Å². The van der Waals surface area contributed by atoms with Crippen LogP contribution in [0, 0.1) is 17.8 Å². The van der Waals surface area contributed by atoms with Crippen LogP contribution in [0.2, 0.25) is 5.02 Å². The second-order valence-corrected chi connectivity index (χ2v) is 10.5. The Morgan fingerprint density at radius 2 is 2.12 bits per heavy atom. The second-order valence-electron chi connectivity index (χ2n) is 9.02. The molecule has 0 amide bonds. The van der Waals surface area contributed by atoms with Crippen molar-refractivity contribution in [1.29, 1.82) is 0 Å². The maximum absolute atomic E-state index is 12.7. The molecule has 3 rings (SSSR count). The maximum atomic E-state index is 12.7. The number of carbonyl (C=O) groups excluding carboxylic acids is 2. The minimum atomic E-state index is -0.566. The molecule has 4 atom stereocenters. The number of Topliss-reactive ketones (excluding diaryl/α,β-unsaturated/α-hetero) is 1. The summed E-state index contributed by atoms with van der Waals surface area (Å²) in [5.74, 6) is 0.559. The molecule has 1 aromatic carbocycles. The molecule has 1 aliphatic carbocycles. The topological polar surface area (TPSA) is 63.6 Å². The summed E-state index contributed by atoms with van der Waals surface area (Å²) in [6.07, 6.45) is 13.1. The zero-order valence-electron chi connectivity index (χ0n) is 20.0. The number of aliphatic hydroxyl groups is 1. The van der Waals surface area contributed by atoms with Gasteiger partial charge in [0.2, 0.25) is 0 Å². The standard InChI is InChI=1S/C28H35ClO4S/c1-3-19-18-24(31)22(10-6-4-5-7-13-27(32)33-2)21(19)16-14-20(30)15-17-26-28(29)23-11-8-9-12-25(23)34-26/h4,6,8-9,11-12,14,16,19-22,30H,3,5,7,10,13,15,17-18H2,1-2H3/b6-4-,16-14+/t19-,20?,21+,22-/m1/s1. The molecule has 4 nitrogen and oxygen atoms in total. The van der Waals surface area contributed by atoms with Gasteiger partial charge in [-0.25, -0.2) is 0 Å². The maximum Gasteiger partial charge on any atom is 0.305 e. The van der Waals surface area contributed by atoms with Gasteiger partial charge in [-0.3, -0.25) is 9.59 Å². The number of carbonyl (C=O) groups is 2. The molecule has 1 aliphatic rings. The fraction of sp³-hybridized carbons (Fsp3) is 0.500. The summed E-state index contributed by atoms with van der Waals surface area (Å²) in [4.78, 5) is 25.0. The predicted molar refractivity (Wildman–Crippen MR) is 140 cm³/mol. The largest absolute Gasteiger partial charge is 0.469 e. The first-order chi connectivity index (χ1) is 16.4. The Labute approximate surface area is 211 Å². The monoisotopic (exact) mass is 502 g/mol. The number of allylic oxidation sites excluding steroid dienone is 3. The number of hydrogen-bond acceptors (Lipinski definition) is 5. The summed E-state index contributed by atoms with van der Waals surface area (Å²) in [7, 11) is 1.40. The molecule has 0 saturated heterocycles. The fourth-order valence-electron chi connectivity index (χ4n) is 4.77. The smallest absolute Gasteiger partial charge is 0.305 e. The minimum absolute atomic E-state index is 0.0395. The number of unbranched alkanes of at least 4 members (excludes halogenated alkanes) is 1. The Morgan fingerprint density at radius 3 is 2.85 bits per heavy atom. The lowest BCUT2D eigenvalue weighted by molar-refractivity contribution is -0.140. The molecule has 6 heteroatoms. The number of aliphatic hydroxyl groups excluding tert-OH is 1. The number of halogens is 1. The molecular formula is C28H35ClO4S. The highest BCUT2D eigenvalue weighted by atomic mass is 35.5. The molecule has 1 aromatic heterocycles. The quantitative estimate of drug-likeness (QED) is 0.194. The minimum Gasteiger partial charge on any atom is -0.469 e.